The summed E-state index contributed by atoms with van der Waals surface area (Å²) in [6.07, 6.45) is 80.1. The Kier molecular flexibility index (Phi) is 61.1. The molecule has 69 heavy (non-hydrogen) atoms. The third-order valence-corrected chi connectivity index (χ3v) is 15.9. The highest BCUT2D eigenvalue weighted by Crippen LogP contribution is 2.20. The second-order valence-electron chi connectivity index (χ2n) is 22.9. The lowest BCUT2D eigenvalue weighted by molar-refractivity contribution is -0.123. The monoisotopic (exact) mass is 974 g/mol. The Morgan fingerprint density at radius 3 is 0.652 bits per heavy atom. The van der Waals surface area contributed by atoms with Gasteiger partial charge in [0.1, 0.15) is 0 Å². The summed E-state index contributed by atoms with van der Waals surface area (Å²) < 4.78 is 0. The van der Waals surface area contributed by atoms with Crippen molar-refractivity contribution in [2.75, 3.05) is 6.61 Å². The second kappa shape index (κ2) is 61.7. The Morgan fingerprint density at radius 1 is 0.290 bits per heavy atom. The molecule has 1 amide bonds. The molecule has 0 aromatic carbocycles. The molecule has 0 saturated heterocycles. The number of carbonyl (C=O) groups is 1. The van der Waals surface area contributed by atoms with Crippen molar-refractivity contribution in [1.82, 2.24) is 5.32 Å². The van der Waals surface area contributed by atoms with Crippen molar-refractivity contribution in [2.24, 2.45) is 0 Å². The largest absolute Gasteiger partial charge is 0.394 e. The van der Waals surface area contributed by atoms with E-state index in [9.17, 15) is 15.0 Å². The smallest absolute Gasteiger partial charge is 0.220 e. The number of aliphatic hydroxyl groups excluding tert-OH is 2. The zero-order valence-corrected chi connectivity index (χ0v) is 47.9. The second-order valence-corrected chi connectivity index (χ2v) is 22.9. The van der Waals surface area contributed by atoms with Crippen LogP contribution in [0.5, 0.6) is 0 Å². The first-order valence-corrected chi connectivity index (χ1v) is 32.7. The van der Waals surface area contributed by atoms with E-state index in [-0.39, 0.29) is 12.5 Å². The van der Waals surface area contributed by atoms with Gasteiger partial charge in [-0.15, -0.1) is 0 Å². The van der Waals surface area contributed by atoms with Crippen molar-refractivity contribution in [3.8, 4) is 0 Å². The summed E-state index contributed by atoms with van der Waals surface area (Å²) in [5.74, 6) is -0.0207. The van der Waals surface area contributed by atoms with Gasteiger partial charge in [-0.05, 0) is 12.8 Å². The summed E-state index contributed by atoms with van der Waals surface area (Å²) in [6.45, 7) is 4.41. The summed E-state index contributed by atoms with van der Waals surface area (Å²) in [6, 6.07) is -0.532. The van der Waals surface area contributed by atoms with E-state index in [0.29, 0.717) is 12.8 Å². The molecule has 2 unspecified atom stereocenters. The van der Waals surface area contributed by atoms with Crippen LogP contribution in [-0.2, 0) is 4.79 Å². The molecule has 414 valence electrons. The Hall–Kier alpha value is -0.610. The Morgan fingerprint density at radius 2 is 0.464 bits per heavy atom. The first-order chi connectivity index (χ1) is 34.2. The van der Waals surface area contributed by atoms with Gasteiger partial charge in [0.25, 0.3) is 0 Å². The Balaban J connectivity index is 3.33. The molecule has 0 aliphatic rings. The van der Waals surface area contributed by atoms with Crippen molar-refractivity contribution in [2.45, 2.75) is 405 Å². The lowest BCUT2D eigenvalue weighted by atomic mass is 10.0. The molecule has 0 rings (SSSR count). The molecule has 0 heterocycles. The van der Waals surface area contributed by atoms with Crippen LogP contribution in [0.4, 0.5) is 0 Å². The van der Waals surface area contributed by atoms with E-state index < -0.39 is 12.1 Å². The van der Waals surface area contributed by atoms with Gasteiger partial charge in [0.2, 0.25) is 5.91 Å². The van der Waals surface area contributed by atoms with Crippen LogP contribution in [0.25, 0.3) is 0 Å². The number of rotatable bonds is 62. The lowest BCUT2D eigenvalue weighted by Gasteiger charge is -2.22. The molecule has 0 radical (unpaired) electrons. The first kappa shape index (κ1) is 68.4. The molecule has 0 bridgehead atoms. The minimum absolute atomic E-state index is 0.0207. The van der Waals surface area contributed by atoms with E-state index >= 15 is 0 Å². The van der Waals surface area contributed by atoms with Gasteiger partial charge in [-0.3, -0.25) is 4.79 Å². The normalized spacial score (nSPS) is 12.6. The van der Waals surface area contributed by atoms with Gasteiger partial charge in [0, 0.05) is 6.42 Å². The molecular weight excluding hydrogens is 843 g/mol. The standard InChI is InChI=1S/C65H131NO3/c1-3-5-7-9-11-13-15-17-19-21-23-24-25-26-27-28-29-30-31-32-33-34-35-36-37-38-39-40-41-43-45-47-49-51-53-55-57-59-61-65(69)66-63(62-67)64(68)60-58-56-54-52-50-48-46-44-42-22-20-18-16-14-12-10-8-6-4-2/h63-64,67-68H,3-62H2,1-2H3,(H,66,69). The number of aliphatic hydroxyl groups is 2. The summed E-state index contributed by atoms with van der Waals surface area (Å²) in [4.78, 5) is 12.5. The number of unbranched alkanes of at least 4 members (excludes halogenated alkanes) is 55. The van der Waals surface area contributed by atoms with Crippen LogP contribution in [0, 0.1) is 0 Å². The van der Waals surface area contributed by atoms with E-state index in [1.165, 1.54) is 340 Å². The topological polar surface area (TPSA) is 69.6 Å². The van der Waals surface area contributed by atoms with Crippen molar-refractivity contribution < 1.29 is 15.0 Å². The number of hydrogen-bond acceptors (Lipinski definition) is 3. The number of amides is 1. The van der Waals surface area contributed by atoms with Crippen LogP contribution in [-0.4, -0.2) is 34.9 Å². The van der Waals surface area contributed by atoms with Gasteiger partial charge >= 0.3 is 0 Å². The third-order valence-electron chi connectivity index (χ3n) is 15.9. The van der Waals surface area contributed by atoms with Gasteiger partial charge in [0.15, 0.2) is 0 Å². The number of hydrogen-bond donors (Lipinski definition) is 3. The summed E-state index contributed by atoms with van der Waals surface area (Å²) >= 11 is 0. The number of nitrogens with one attached hydrogen (secondary N) is 1. The fraction of sp³-hybridized carbons (Fsp3) is 0.985. The first-order valence-electron chi connectivity index (χ1n) is 32.7. The highest BCUT2D eigenvalue weighted by Gasteiger charge is 2.20. The van der Waals surface area contributed by atoms with E-state index in [1.807, 2.05) is 0 Å². The summed E-state index contributed by atoms with van der Waals surface area (Å²) in [5, 5.41) is 23.4. The summed E-state index contributed by atoms with van der Waals surface area (Å²) in [5.41, 5.74) is 0. The van der Waals surface area contributed by atoms with Crippen molar-refractivity contribution in [1.29, 1.82) is 0 Å². The lowest BCUT2D eigenvalue weighted by Crippen LogP contribution is -2.45. The van der Waals surface area contributed by atoms with Crippen LogP contribution in [0.3, 0.4) is 0 Å². The maximum atomic E-state index is 12.5. The summed E-state index contributed by atoms with van der Waals surface area (Å²) in [7, 11) is 0. The van der Waals surface area contributed by atoms with Gasteiger partial charge in [-0.1, -0.05) is 373 Å². The molecule has 0 spiro atoms. The zero-order chi connectivity index (χ0) is 49.9. The predicted molar refractivity (Wildman–Crippen MR) is 309 cm³/mol. The van der Waals surface area contributed by atoms with Crippen LogP contribution in [0.1, 0.15) is 393 Å². The van der Waals surface area contributed by atoms with E-state index in [1.54, 1.807) is 0 Å². The van der Waals surface area contributed by atoms with Gasteiger partial charge in [-0.2, -0.15) is 0 Å². The molecule has 0 aliphatic heterocycles. The fourth-order valence-electron chi connectivity index (χ4n) is 10.9. The highest BCUT2D eigenvalue weighted by atomic mass is 16.3. The molecule has 4 nitrogen and oxygen atoms in total. The van der Waals surface area contributed by atoms with Crippen molar-refractivity contribution in [3.05, 3.63) is 0 Å². The SMILES string of the molecule is CCCCCCCCCCCCCCCCCCCCCCCCCCCCCCCCCCCCCCCCC(=O)NC(CO)C(O)CCCCCCCCCCCCCCCCCCCCC. The third kappa shape index (κ3) is 58.2. The minimum Gasteiger partial charge on any atom is -0.394 e. The fourth-order valence-corrected chi connectivity index (χ4v) is 10.9. The molecule has 3 N–H and O–H groups in total. The molecule has 0 aromatic rings. The maximum Gasteiger partial charge on any atom is 0.220 e. The maximum absolute atomic E-state index is 12.5. The highest BCUT2D eigenvalue weighted by molar-refractivity contribution is 5.76. The van der Waals surface area contributed by atoms with Gasteiger partial charge < -0.3 is 15.5 Å². The molecule has 2 atom stereocenters. The van der Waals surface area contributed by atoms with E-state index in [0.717, 1.165) is 25.7 Å². The predicted octanol–water partition coefficient (Wildman–Crippen LogP) is 21.9. The van der Waals surface area contributed by atoms with Crippen molar-refractivity contribution in [3.63, 3.8) is 0 Å². The van der Waals surface area contributed by atoms with Crippen LogP contribution in [0.2, 0.25) is 0 Å². The zero-order valence-electron chi connectivity index (χ0n) is 47.9. The molecule has 4 heteroatoms. The average molecular weight is 975 g/mol. The molecule has 0 saturated carbocycles. The van der Waals surface area contributed by atoms with Crippen LogP contribution >= 0.6 is 0 Å². The minimum atomic E-state index is -0.655. The van der Waals surface area contributed by atoms with Crippen molar-refractivity contribution >= 4 is 5.91 Å². The molecule has 0 aromatic heterocycles. The molecular formula is C65H131NO3. The average Bonchev–Trinajstić information content (AvgIpc) is 3.35. The van der Waals surface area contributed by atoms with E-state index in [2.05, 4.69) is 19.2 Å². The van der Waals surface area contributed by atoms with Gasteiger partial charge in [0.05, 0.1) is 18.8 Å². The van der Waals surface area contributed by atoms with Crippen LogP contribution in [0.15, 0.2) is 0 Å². The quantitative estimate of drug-likeness (QED) is 0.0532. The molecule has 0 aliphatic carbocycles. The Labute approximate surface area is 435 Å². The number of carbonyl (C=O) groups excluding carboxylic acids is 1. The van der Waals surface area contributed by atoms with Crippen LogP contribution < -0.4 is 5.32 Å². The molecule has 0 fully saturated rings. The van der Waals surface area contributed by atoms with Gasteiger partial charge in [-0.25, -0.2) is 0 Å². The van der Waals surface area contributed by atoms with E-state index in [4.69, 9.17) is 0 Å². The Bertz CT molecular complexity index is 925.